The summed E-state index contributed by atoms with van der Waals surface area (Å²) in [5.41, 5.74) is 1.10. The fraction of sp³-hybridized carbons (Fsp3) is 0.133. The number of halogens is 2. The van der Waals surface area contributed by atoms with Gasteiger partial charge in [-0.25, -0.2) is 4.39 Å². The second kappa shape index (κ2) is 5.85. The van der Waals surface area contributed by atoms with Gasteiger partial charge in [0.2, 0.25) is 0 Å². The van der Waals surface area contributed by atoms with E-state index in [9.17, 15) is 9.18 Å². The van der Waals surface area contributed by atoms with Crippen LogP contribution in [0.15, 0.2) is 42.5 Å². The first-order valence-electron chi connectivity index (χ1n) is 5.74. The van der Waals surface area contributed by atoms with Crippen molar-refractivity contribution in [2.24, 2.45) is 0 Å². The maximum atomic E-state index is 13.7. The molecule has 4 heteroatoms. The van der Waals surface area contributed by atoms with Gasteiger partial charge in [0.1, 0.15) is 6.61 Å². The van der Waals surface area contributed by atoms with Crippen molar-refractivity contribution < 1.29 is 13.9 Å². The van der Waals surface area contributed by atoms with Crippen LogP contribution in [0, 0.1) is 5.82 Å². The minimum atomic E-state index is -0.556. The molecule has 2 rings (SSSR count). The van der Waals surface area contributed by atoms with Gasteiger partial charge in [-0.3, -0.25) is 4.79 Å². The van der Waals surface area contributed by atoms with Crippen LogP contribution in [0.25, 0.3) is 0 Å². The number of ether oxygens (including phenoxy) is 1. The van der Waals surface area contributed by atoms with E-state index in [1.165, 1.54) is 25.1 Å². The van der Waals surface area contributed by atoms with Crippen LogP contribution in [0.5, 0.6) is 5.75 Å². The summed E-state index contributed by atoms with van der Waals surface area (Å²) in [6.45, 7) is 1.56. The Morgan fingerprint density at radius 1 is 1.26 bits per heavy atom. The molecular weight excluding hydrogens is 267 g/mol. The smallest absolute Gasteiger partial charge is 0.165 e. The first-order valence-corrected chi connectivity index (χ1v) is 6.12. The molecule has 0 N–H and O–H groups in total. The SMILES string of the molecule is CC(=O)c1ccc(OCc2ccccc2Cl)c(F)c1. The molecule has 0 amide bonds. The van der Waals surface area contributed by atoms with Crippen molar-refractivity contribution in [1.82, 2.24) is 0 Å². The number of benzene rings is 2. The number of hydrogen-bond acceptors (Lipinski definition) is 2. The van der Waals surface area contributed by atoms with Gasteiger partial charge in [0.15, 0.2) is 17.3 Å². The second-order valence-corrected chi connectivity index (χ2v) is 4.49. The lowest BCUT2D eigenvalue weighted by atomic mass is 10.1. The Morgan fingerprint density at radius 3 is 2.63 bits per heavy atom. The van der Waals surface area contributed by atoms with Gasteiger partial charge in [-0.1, -0.05) is 29.8 Å². The van der Waals surface area contributed by atoms with E-state index in [4.69, 9.17) is 16.3 Å². The van der Waals surface area contributed by atoms with Crippen molar-refractivity contribution in [3.05, 3.63) is 64.4 Å². The van der Waals surface area contributed by atoms with Crippen molar-refractivity contribution in [1.29, 1.82) is 0 Å². The van der Waals surface area contributed by atoms with Crippen LogP contribution in [0.2, 0.25) is 5.02 Å². The molecule has 0 saturated carbocycles. The molecular formula is C15H12ClFO2. The zero-order valence-corrected chi connectivity index (χ0v) is 11.1. The van der Waals surface area contributed by atoms with Gasteiger partial charge in [-0.15, -0.1) is 0 Å². The Morgan fingerprint density at radius 2 is 2.00 bits per heavy atom. The van der Waals surface area contributed by atoms with Crippen LogP contribution in [-0.4, -0.2) is 5.78 Å². The van der Waals surface area contributed by atoms with Gasteiger partial charge in [-0.2, -0.15) is 0 Å². The number of carbonyl (C=O) groups is 1. The summed E-state index contributed by atoms with van der Waals surface area (Å²) in [5, 5.41) is 0.572. The fourth-order valence-electron chi connectivity index (χ4n) is 1.61. The summed E-state index contributed by atoms with van der Waals surface area (Å²) < 4.78 is 19.1. The Labute approximate surface area is 115 Å². The first kappa shape index (κ1) is 13.6. The molecule has 0 unspecified atom stereocenters. The van der Waals surface area contributed by atoms with Crippen LogP contribution >= 0.6 is 11.6 Å². The third-order valence-electron chi connectivity index (χ3n) is 2.68. The lowest BCUT2D eigenvalue weighted by molar-refractivity contribution is 0.101. The lowest BCUT2D eigenvalue weighted by Crippen LogP contribution is -2.00. The van der Waals surface area contributed by atoms with Gasteiger partial charge >= 0.3 is 0 Å². The molecule has 19 heavy (non-hydrogen) atoms. The summed E-state index contributed by atoms with van der Waals surface area (Å²) in [7, 11) is 0. The van der Waals surface area contributed by atoms with Gasteiger partial charge in [-0.05, 0) is 31.2 Å². The Hall–Kier alpha value is -1.87. The molecule has 0 aromatic heterocycles. The monoisotopic (exact) mass is 278 g/mol. The number of rotatable bonds is 4. The third-order valence-corrected chi connectivity index (χ3v) is 3.05. The van der Waals surface area contributed by atoms with Crippen LogP contribution in [0.1, 0.15) is 22.8 Å². The summed E-state index contributed by atoms with van der Waals surface area (Å²) >= 11 is 5.98. The van der Waals surface area contributed by atoms with E-state index in [1.54, 1.807) is 6.07 Å². The number of ketones is 1. The van der Waals surface area contributed by atoms with E-state index in [2.05, 4.69) is 0 Å². The second-order valence-electron chi connectivity index (χ2n) is 4.08. The number of hydrogen-bond donors (Lipinski definition) is 0. The highest BCUT2D eigenvalue weighted by Crippen LogP contribution is 2.22. The minimum Gasteiger partial charge on any atom is -0.486 e. The van der Waals surface area contributed by atoms with Crippen molar-refractivity contribution >= 4 is 17.4 Å². The van der Waals surface area contributed by atoms with Gasteiger partial charge in [0.05, 0.1) is 0 Å². The van der Waals surface area contributed by atoms with Crippen molar-refractivity contribution in [3.8, 4) is 5.75 Å². The van der Waals surface area contributed by atoms with E-state index in [0.29, 0.717) is 10.6 Å². The Balaban J connectivity index is 2.12. The third kappa shape index (κ3) is 3.32. The molecule has 0 bridgehead atoms. The van der Waals surface area contributed by atoms with Crippen LogP contribution < -0.4 is 4.74 Å². The van der Waals surface area contributed by atoms with Gasteiger partial charge in [0.25, 0.3) is 0 Å². The minimum absolute atomic E-state index is 0.102. The maximum absolute atomic E-state index is 13.7. The molecule has 98 valence electrons. The molecule has 0 spiro atoms. The Kier molecular flexibility index (Phi) is 4.17. The number of carbonyl (C=O) groups excluding carboxylic acids is 1. The van der Waals surface area contributed by atoms with E-state index < -0.39 is 5.82 Å². The van der Waals surface area contributed by atoms with E-state index in [-0.39, 0.29) is 18.1 Å². The quantitative estimate of drug-likeness (QED) is 0.781. The average molecular weight is 279 g/mol. The maximum Gasteiger partial charge on any atom is 0.165 e. The highest BCUT2D eigenvalue weighted by Gasteiger charge is 2.08. The predicted octanol–water partition coefficient (Wildman–Crippen LogP) is 4.26. The highest BCUT2D eigenvalue weighted by atomic mass is 35.5. The van der Waals surface area contributed by atoms with E-state index in [0.717, 1.165) is 5.56 Å². The van der Waals surface area contributed by atoms with Crippen molar-refractivity contribution in [3.63, 3.8) is 0 Å². The summed E-state index contributed by atoms with van der Waals surface area (Å²) in [5.74, 6) is -0.638. The van der Waals surface area contributed by atoms with Crippen molar-refractivity contribution in [2.45, 2.75) is 13.5 Å². The largest absolute Gasteiger partial charge is 0.486 e. The molecule has 2 aromatic carbocycles. The molecule has 0 aliphatic heterocycles. The predicted molar refractivity (Wildman–Crippen MR) is 72.2 cm³/mol. The van der Waals surface area contributed by atoms with Crippen LogP contribution in [0.4, 0.5) is 4.39 Å². The first-order chi connectivity index (χ1) is 9.08. The zero-order chi connectivity index (χ0) is 13.8. The van der Waals surface area contributed by atoms with Gasteiger partial charge in [0, 0.05) is 16.1 Å². The van der Waals surface area contributed by atoms with Crippen LogP contribution in [0.3, 0.4) is 0 Å². The molecule has 0 fully saturated rings. The molecule has 0 atom stereocenters. The molecule has 0 saturated heterocycles. The standard InChI is InChI=1S/C15H12ClFO2/c1-10(18)11-6-7-15(14(17)8-11)19-9-12-4-2-3-5-13(12)16/h2-8H,9H2,1H3. The van der Waals surface area contributed by atoms with E-state index in [1.807, 2.05) is 18.2 Å². The fourth-order valence-corrected chi connectivity index (χ4v) is 1.80. The van der Waals surface area contributed by atoms with Crippen LogP contribution in [-0.2, 0) is 6.61 Å². The van der Waals surface area contributed by atoms with E-state index >= 15 is 0 Å². The topological polar surface area (TPSA) is 26.3 Å². The average Bonchev–Trinajstić information content (AvgIpc) is 2.39. The number of Topliss-reactive ketones (excluding diaryl/α,β-unsaturated/α-hetero) is 1. The summed E-state index contributed by atoms with van der Waals surface area (Å²) in [6.07, 6.45) is 0. The zero-order valence-electron chi connectivity index (χ0n) is 10.3. The molecule has 2 aromatic rings. The van der Waals surface area contributed by atoms with Gasteiger partial charge < -0.3 is 4.74 Å². The molecule has 0 heterocycles. The lowest BCUT2D eigenvalue weighted by Gasteiger charge is -2.09. The normalized spacial score (nSPS) is 10.3. The Bertz CT molecular complexity index is 611. The van der Waals surface area contributed by atoms with Crippen molar-refractivity contribution in [2.75, 3.05) is 0 Å². The molecule has 0 radical (unpaired) electrons. The highest BCUT2D eigenvalue weighted by molar-refractivity contribution is 6.31. The summed E-state index contributed by atoms with van der Waals surface area (Å²) in [6, 6.07) is 11.4. The molecule has 2 nitrogen and oxygen atoms in total. The molecule has 0 aliphatic rings. The summed E-state index contributed by atoms with van der Waals surface area (Å²) in [4.78, 5) is 11.1. The molecule has 0 aliphatic carbocycles.